The van der Waals surface area contributed by atoms with Gasteiger partial charge in [-0.05, 0) is 42.2 Å². The summed E-state index contributed by atoms with van der Waals surface area (Å²) in [6, 6.07) is 11.4. The lowest BCUT2D eigenvalue weighted by atomic mass is 10.1. The van der Waals surface area contributed by atoms with E-state index in [1.165, 1.54) is 0 Å². The number of halogens is 1. The van der Waals surface area contributed by atoms with Crippen LogP contribution in [0.3, 0.4) is 0 Å². The van der Waals surface area contributed by atoms with Gasteiger partial charge < -0.3 is 4.98 Å². The molecule has 0 bridgehead atoms. The number of pyridine rings is 1. The maximum Gasteiger partial charge on any atom is 0.230 e. The topological polar surface area (TPSA) is 70.7 Å². The lowest BCUT2D eigenvalue weighted by Crippen LogP contribution is -2.15. The van der Waals surface area contributed by atoms with E-state index < -0.39 is 0 Å². The van der Waals surface area contributed by atoms with Gasteiger partial charge in [0.25, 0.3) is 0 Å². The fourth-order valence-electron chi connectivity index (χ4n) is 2.68. The summed E-state index contributed by atoms with van der Waals surface area (Å²) in [5.74, 6) is 0.682. The Morgan fingerprint density at radius 2 is 2.09 bits per heavy atom. The van der Waals surface area contributed by atoms with Crippen molar-refractivity contribution in [3.8, 4) is 0 Å². The number of hydrogen-bond donors (Lipinski definition) is 2. The summed E-state index contributed by atoms with van der Waals surface area (Å²) in [5, 5.41) is 3.54. The molecule has 1 saturated carbocycles. The zero-order valence-electron chi connectivity index (χ0n) is 11.6. The van der Waals surface area contributed by atoms with Crippen LogP contribution in [0, 0.1) is 5.92 Å². The Morgan fingerprint density at radius 1 is 1.27 bits per heavy atom. The van der Waals surface area contributed by atoms with Gasteiger partial charge in [-0.2, -0.15) is 4.98 Å². The highest BCUT2D eigenvalue weighted by Gasteiger charge is 2.44. The summed E-state index contributed by atoms with van der Waals surface area (Å²) in [6.45, 7) is 0. The van der Waals surface area contributed by atoms with Crippen LogP contribution in [0.5, 0.6) is 0 Å². The fraction of sp³-hybridized carbons (Fsp3) is 0.188. The van der Waals surface area contributed by atoms with E-state index in [-0.39, 0.29) is 17.7 Å². The first-order valence-electron chi connectivity index (χ1n) is 7.08. The molecule has 1 amide bonds. The number of amides is 1. The van der Waals surface area contributed by atoms with Gasteiger partial charge in [0.2, 0.25) is 11.9 Å². The molecule has 1 aliphatic rings. The lowest BCUT2D eigenvalue weighted by Gasteiger charge is -2.02. The summed E-state index contributed by atoms with van der Waals surface area (Å²) in [5.41, 5.74) is 2.56. The third-order valence-corrected chi connectivity index (χ3v) is 4.18. The van der Waals surface area contributed by atoms with Crippen molar-refractivity contribution in [3.05, 3.63) is 53.2 Å². The summed E-state index contributed by atoms with van der Waals surface area (Å²) in [7, 11) is 0. The maximum absolute atomic E-state index is 12.3. The number of fused-ring (bicyclic) bond motifs is 1. The summed E-state index contributed by atoms with van der Waals surface area (Å²) in [4.78, 5) is 23.7. The highest BCUT2D eigenvalue weighted by molar-refractivity contribution is 6.30. The van der Waals surface area contributed by atoms with Crippen LogP contribution in [-0.4, -0.2) is 20.9 Å². The second-order valence-electron chi connectivity index (χ2n) is 5.45. The lowest BCUT2D eigenvalue weighted by molar-refractivity contribution is -0.117. The molecule has 0 radical (unpaired) electrons. The number of anilines is 1. The molecular weight excluding hydrogens is 300 g/mol. The van der Waals surface area contributed by atoms with E-state index in [1.807, 2.05) is 36.4 Å². The molecule has 0 aliphatic heterocycles. The van der Waals surface area contributed by atoms with Crippen molar-refractivity contribution in [2.45, 2.75) is 12.3 Å². The molecule has 22 heavy (non-hydrogen) atoms. The molecule has 2 aromatic heterocycles. The van der Waals surface area contributed by atoms with Gasteiger partial charge in [-0.25, -0.2) is 4.98 Å². The van der Waals surface area contributed by atoms with Crippen molar-refractivity contribution < 1.29 is 4.79 Å². The smallest absolute Gasteiger partial charge is 0.230 e. The zero-order valence-corrected chi connectivity index (χ0v) is 12.3. The molecule has 6 heteroatoms. The van der Waals surface area contributed by atoms with Crippen LogP contribution >= 0.6 is 11.6 Å². The van der Waals surface area contributed by atoms with Crippen molar-refractivity contribution in [2.75, 3.05) is 5.32 Å². The number of aromatic nitrogens is 3. The van der Waals surface area contributed by atoms with E-state index in [4.69, 9.17) is 11.6 Å². The minimum atomic E-state index is -0.0148. The SMILES string of the molecule is O=C(Nc1nc2ncccc2[nH]1)[C@H]1C[C@H]1c1ccc(Cl)cc1. The Bertz CT molecular complexity index is 810. The Morgan fingerprint density at radius 3 is 2.86 bits per heavy atom. The zero-order chi connectivity index (χ0) is 15.1. The Kier molecular flexibility index (Phi) is 3.08. The van der Waals surface area contributed by atoms with Crippen LogP contribution in [-0.2, 0) is 4.79 Å². The molecule has 0 spiro atoms. The van der Waals surface area contributed by atoms with Gasteiger partial charge in [0.15, 0.2) is 5.65 Å². The van der Waals surface area contributed by atoms with E-state index >= 15 is 0 Å². The molecule has 0 saturated heterocycles. The van der Waals surface area contributed by atoms with Crippen molar-refractivity contribution in [3.63, 3.8) is 0 Å². The van der Waals surface area contributed by atoms with Gasteiger partial charge in [-0.1, -0.05) is 23.7 Å². The van der Waals surface area contributed by atoms with Crippen LogP contribution in [0.25, 0.3) is 11.2 Å². The second-order valence-corrected chi connectivity index (χ2v) is 5.89. The number of imidazole rings is 1. The van der Waals surface area contributed by atoms with E-state index in [0.29, 0.717) is 16.6 Å². The Labute approximate surface area is 131 Å². The van der Waals surface area contributed by atoms with Gasteiger partial charge in [-0.3, -0.25) is 10.1 Å². The maximum atomic E-state index is 12.3. The van der Waals surface area contributed by atoms with Gasteiger partial charge in [0.1, 0.15) is 0 Å². The molecule has 2 heterocycles. The first-order valence-corrected chi connectivity index (χ1v) is 7.45. The molecule has 2 atom stereocenters. The van der Waals surface area contributed by atoms with Crippen molar-refractivity contribution in [1.29, 1.82) is 0 Å². The molecular formula is C16H13ClN4O. The van der Waals surface area contributed by atoms with Gasteiger partial charge in [0.05, 0.1) is 5.52 Å². The molecule has 0 unspecified atom stereocenters. The van der Waals surface area contributed by atoms with E-state index in [0.717, 1.165) is 17.5 Å². The van der Waals surface area contributed by atoms with Crippen molar-refractivity contribution >= 4 is 34.6 Å². The second kappa shape index (κ2) is 5.10. The predicted octanol–water partition coefficient (Wildman–Crippen LogP) is 3.35. The monoisotopic (exact) mass is 312 g/mol. The van der Waals surface area contributed by atoms with E-state index in [9.17, 15) is 4.79 Å². The van der Waals surface area contributed by atoms with Crippen LogP contribution in [0.15, 0.2) is 42.6 Å². The van der Waals surface area contributed by atoms with E-state index in [2.05, 4.69) is 20.3 Å². The highest BCUT2D eigenvalue weighted by atomic mass is 35.5. The molecule has 1 aromatic carbocycles. The highest BCUT2D eigenvalue weighted by Crippen LogP contribution is 2.48. The minimum absolute atomic E-state index is 0.0117. The number of nitrogens with one attached hydrogen (secondary N) is 2. The van der Waals surface area contributed by atoms with Crippen LogP contribution in [0.1, 0.15) is 17.9 Å². The number of H-pyrrole nitrogens is 1. The Hall–Kier alpha value is -2.40. The predicted molar refractivity (Wildman–Crippen MR) is 84.8 cm³/mol. The molecule has 110 valence electrons. The summed E-state index contributed by atoms with van der Waals surface area (Å²) in [6.07, 6.45) is 2.53. The fourth-order valence-corrected chi connectivity index (χ4v) is 2.80. The molecule has 4 rings (SSSR count). The Balaban J connectivity index is 1.46. The number of rotatable bonds is 3. The number of carbonyl (C=O) groups excluding carboxylic acids is 1. The third kappa shape index (κ3) is 2.44. The third-order valence-electron chi connectivity index (χ3n) is 3.92. The van der Waals surface area contributed by atoms with Gasteiger partial charge in [0, 0.05) is 17.1 Å². The summed E-state index contributed by atoms with van der Waals surface area (Å²) < 4.78 is 0. The van der Waals surface area contributed by atoms with Crippen molar-refractivity contribution in [1.82, 2.24) is 15.0 Å². The standard InChI is InChI=1S/C16H13ClN4O/c17-10-5-3-9(4-6-10)11-8-12(11)15(22)21-16-19-13-2-1-7-18-14(13)20-16/h1-7,11-12H,8H2,(H2,18,19,20,21,22)/t11-,12-/m0/s1. The van der Waals surface area contributed by atoms with Gasteiger partial charge >= 0.3 is 0 Å². The van der Waals surface area contributed by atoms with Crippen molar-refractivity contribution in [2.24, 2.45) is 5.92 Å². The molecule has 1 aliphatic carbocycles. The molecule has 5 nitrogen and oxygen atoms in total. The molecule has 1 fully saturated rings. The van der Waals surface area contributed by atoms with Crippen LogP contribution in [0.2, 0.25) is 5.02 Å². The number of carbonyl (C=O) groups is 1. The quantitative estimate of drug-likeness (QED) is 0.779. The van der Waals surface area contributed by atoms with Gasteiger partial charge in [-0.15, -0.1) is 0 Å². The number of nitrogens with zero attached hydrogens (tertiary/aromatic N) is 2. The average Bonchev–Trinajstić information content (AvgIpc) is 3.21. The van der Waals surface area contributed by atoms with Crippen LogP contribution in [0.4, 0.5) is 5.95 Å². The number of hydrogen-bond acceptors (Lipinski definition) is 3. The average molecular weight is 313 g/mol. The summed E-state index contributed by atoms with van der Waals surface area (Å²) >= 11 is 5.88. The van der Waals surface area contributed by atoms with Crippen LogP contribution < -0.4 is 5.32 Å². The number of benzene rings is 1. The first kappa shape index (κ1) is 13.3. The minimum Gasteiger partial charge on any atom is -0.322 e. The number of aromatic amines is 1. The molecule has 3 aromatic rings. The molecule has 2 N–H and O–H groups in total. The van der Waals surface area contributed by atoms with E-state index in [1.54, 1.807) is 6.20 Å². The largest absolute Gasteiger partial charge is 0.322 e. The normalized spacial score (nSPS) is 20.0. The first-order chi connectivity index (χ1) is 10.7.